The lowest BCUT2D eigenvalue weighted by Gasteiger charge is -2.29. The van der Waals surface area contributed by atoms with Gasteiger partial charge >= 0.3 is 0 Å². The Bertz CT molecular complexity index is 748. The van der Waals surface area contributed by atoms with Gasteiger partial charge < -0.3 is 0 Å². The summed E-state index contributed by atoms with van der Waals surface area (Å²) in [7, 11) is 0. The average molecular weight is 373 g/mol. The van der Waals surface area contributed by atoms with Crippen molar-refractivity contribution in [1.29, 1.82) is 0 Å². The molecule has 1 amide bonds. The van der Waals surface area contributed by atoms with Crippen LogP contribution in [0, 0.1) is 0 Å². The summed E-state index contributed by atoms with van der Waals surface area (Å²) in [6.07, 6.45) is 7.52. The van der Waals surface area contributed by atoms with Crippen molar-refractivity contribution in [3.05, 3.63) is 54.2 Å². The third-order valence-corrected chi connectivity index (χ3v) is 4.19. The van der Waals surface area contributed by atoms with Gasteiger partial charge in [-0.25, -0.2) is 15.0 Å². The Labute approximate surface area is 160 Å². The summed E-state index contributed by atoms with van der Waals surface area (Å²) >= 11 is 0. The first-order valence-electron chi connectivity index (χ1n) is 8.94. The van der Waals surface area contributed by atoms with Gasteiger partial charge in [0.15, 0.2) is 5.82 Å². The normalized spacial score (nSPS) is 12.5. The fourth-order valence-corrected chi connectivity index (χ4v) is 2.86. The number of benzene rings is 1. The number of nitrogens with zero attached hydrogens (tertiary/aromatic N) is 3. The predicted octanol–water partition coefficient (Wildman–Crippen LogP) is 4.60. The Morgan fingerprint density at radius 3 is 2.65 bits per heavy atom. The molecule has 6 heteroatoms. The molecule has 1 aliphatic rings. The Morgan fingerprint density at radius 1 is 1.08 bits per heavy atom. The van der Waals surface area contributed by atoms with Gasteiger partial charge in [-0.3, -0.25) is 10.2 Å². The number of aliphatic imine (C=N–C) groups is 1. The monoisotopic (exact) mass is 372 g/mol. The zero-order valence-electron chi connectivity index (χ0n) is 15.0. The molecule has 0 bridgehead atoms. The smallest absolute Gasteiger partial charge is 0.251 e. The first-order valence-corrected chi connectivity index (χ1v) is 8.94. The van der Waals surface area contributed by atoms with Crippen LogP contribution in [0.2, 0.25) is 0 Å². The van der Waals surface area contributed by atoms with Crippen LogP contribution in [0.5, 0.6) is 0 Å². The van der Waals surface area contributed by atoms with E-state index in [2.05, 4.69) is 22.3 Å². The maximum Gasteiger partial charge on any atom is 0.251 e. The molecular weight excluding hydrogens is 348 g/mol. The topological polar surface area (TPSA) is 57.6 Å². The minimum atomic E-state index is -0.0351. The summed E-state index contributed by atoms with van der Waals surface area (Å²) in [6.45, 7) is 2.20. The van der Waals surface area contributed by atoms with Crippen LogP contribution in [0.15, 0.2) is 53.7 Å². The molecule has 26 heavy (non-hydrogen) atoms. The van der Waals surface area contributed by atoms with Gasteiger partial charge in [0, 0.05) is 12.6 Å². The number of carbonyl (C=O) groups excluding carboxylic acids is 1. The molecule has 0 aliphatic carbocycles. The highest BCUT2D eigenvalue weighted by molar-refractivity contribution is 6.03. The van der Waals surface area contributed by atoms with E-state index in [9.17, 15) is 4.79 Å². The molecule has 1 aliphatic heterocycles. The van der Waals surface area contributed by atoms with E-state index in [1.54, 1.807) is 11.2 Å². The Hall–Kier alpha value is -2.40. The predicted molar refractivity (Wildman–Crippen MR) is 108 cm³/mol. The summed E-state index contributed by atoms with van der Waals surface area (Å²) < 4.78 is 0. The number of amides is 1. The Kier molecular flexibility index (Phi) is 7.60. The van der Waals surface area contributed by atoms with Crippen molar-refractivity contribution in [3.63, 3.8) is 0 Å². The van der Waals surface area contributed by atoms with Crippen molar-refractivity contribution in [2.45, 2.75) is 45.4 Å². The lowest BCUT2D eigenvalue weighted by atomic mass is 10.1. The molecule has 0 saturated heterocycles. The van der Waals surface area contributed by atoms with E-state index in [0.29, 0.717) is 12.2 Å². The number of pyridine rings is 1. The van der Waals surface area contributed by atoms with Gasteiger partial charge in [-0.15, -0.1) is 12.4 Å². The minimum absolute atomic E-state index is 0. The lowest BCUT2D eigenvalue weighted by Crippen LogP contribution is -2.49. The molecule has 1 aromatic carbocycles. The average Bonchev–Trinajstić information content (AvgIpc) is 2.65. The van der Waals surface area contributed by atoms with Gasteiger partial charge in [0.1, 0.15) is 11.5 Å². The molecular formula is C20H25ClN4O. The van der Waals surface area contributed by atoms with Crippen molar-refractivity contribution in [2.24, 2.45) is 4.99 Å². The van der Waals surface area contributed by atoms with Crippen molar-refractivity contribution in [1.82, 2.24) is 10.4 Å². The third kappa shape index (κ3) is 5.05. The summed E-state index contributed by atoms with van der Waals surface area (Å²) in [6, 6.07) is 13.5. The molecule has 0 atom stereocenters. The number of nitrogens with one attached hydrogen (secondary N) is 1. The number of amidine groups is 1. The van der Waals surface area contributed by atoms with Gasteiger partial charge in [-0.05, 0) is 24.1 Å². The summed E-state index contributed by atoms with van der Waals surface area (Å²) in [5, 5.41) is 1.55. The highest BCUT2D eigenvalue weighted by atomic mass is 35.5. The maximum atomic E-state index is 12.8. The number of unbranched alkanes of at least 4 members (excludes halogenated alkanes) is 3. The Morgan fingerprint density at radius 2 is 1.88 bits per heavy atom. The van der Waals surface area contributed by atoms with Crippen molar-refractivity contribution in [2.75, 3.05) is 5.01 Å². The zero-order chi connectivity index (χ0) is 17.5. The number of hydrogen-bond donors (Lipinski definition) is 1. The van der Waals surface area contributed by atoms with E-state index in [1.165, 1.54) is 19.3 Å². The van der Waals surface area contributed by atoms with Crippen LogP contribution < -0.4 is 10.4 Å². The molecule has 0 unspecified atom stereocenters. The quantitative estimate of drug-likeness (QED) is 0.722. The van der Waals surface area contributed by atoms with Crippen LogP contribution in [0.25, 0.3) is 0 Å². The first-order chi connectivity index (χ1) is 12.3. The second-order valence-electron chi connectivity index (χ2n) is 6.22. The number of carbonyl (C=O) groups is 1. The van der Waals surface area contributed by atoms with E-state index in [4.69, 9.17) is 0 Å². The van der Waals surface area contributed by atoms with E-state index in [0.717, 1.165) is 29.9 Å². The van der Waals surface area contributed by atoms with Crippen LogP contribution in [0.4, 0.5) is 11.5 Å². The minimum Gasteiger partial charge on any atom is -0.277 e. The molecule has 0 fully saturated rings. The molecule has 2 aromatic rings. The van der Waals surface area contributed by atoms with Gasteiger partial charge in [-0.1, -0.05) is 56.5 Å². The number of hydrazine groups is 1. The first kappa shape index (κ1) is 19.9. The molecule has 1 aromatic heterocycles. The lowest BCUT2D eigenvalue weighted by molar-refractivity contribution is -0.118. The number of halogens is 1. The zero-order valence-corrected chi connectivity index (χ0v) is 15.8. The molecule has 2 heterocycles. The molecule has 138 valence electrons. The van der Waals surface area contributed by atoms with E-state index >= 15 is 0 Å². The SMILES string of the molecule is CCCCCCC1=Nc2cccnc2N(C(=O)Cc2ccccc2)N1.Cl. The second kappa shape index (κ2) is 9.92. The van der Waals surface area contributed by atoms with Crippen LogP contribution in [-0.4, -0.2) is 16.7 Å². The summed E-state index contributed by atoms with van der Waals surface area (Å²) in [4.78, 5) is 21.8. The third-order valence-electron chi connectivity index (χ3n) is 4.19. The number of hydrogen-bond acceptors (Lipinski definition) is 4. The number of aromatic nitrogens is 1. The highest BCUT2D eigenvalue weighted by Gasteiger charge is 2.25. The number of fused-ring (bicyclic) bond motifs is 1. The van der Waals surface area contributed by atoms with Crippen LogP contribution in [0.1, 0.15) is 44.6 Å². The maximum absolute atomic E-state index is 12.8. The van der Waals surface area contributed by atoms with E-state index in [-0.39, 0.29) is 18.3 Å². The van der Waals surface area contributed by atoms with Gasteiger partial charge in [0.2, 0.25) is 0 Å². The number of rotatable bonds is 7. The highest BCUT2D eigenvalue weighted by Crippen LogP contribution is 2.29. The van der Waals surface area contributed by atoms with Gasteiger partial charge in [0.25, 0.3) is 5.91 Å². The fourth-order valence-electron chi connectivity index (χ4n) is 2.86. The van der Waals surface area contributed by atoms with E-state index < -0.39 is 0 Å². The van der Waals surface area contributed by atoms with Crippen molar-refractivity contribution < 1.29 is 4.79 Å². The standard InChI is InChI=1S/C20H24N4O.ClH/c1-2-3-4-8-13-18-22-17-12-9-14-21-20(17)24(23-18)19(25)15-16-10-6-5-7-11-16;/h5-7,9-12,14H,2-4,8,13,15H2,1H3,(H,22,23);1H. The Balaban J connectivity index is 0.00000243. The molecule has 0 saturated carbocycles. The fraction of sp³-hybridized carbons (Fsp3) is 0.350. The summed E-state index contributed by atoms with van der Waals surface area (Å²) in [5.41, 5.74) is 4.91. The number of anilines is 1. The second-order valence-corrected chi connectivity index (χ2v) is 6.22. The molecule has 5 nitrogen and oxygen atoms in total. The van der Waals surface area contributed by atoms with Gasteiger partial charge in [-0.2, -0.15) is 0 Å². The van der Waals surface area contributed by atoms with Crippen molar-refractivity contribution in [3.8, 4) is 0 Å². The van der Waals surface area contributed by atoms with Crippen LogP contribution in [0.3, 0.4) is 0 Å². The van der Waals surface area contributed by atoms with E-state index in [1.807, 2.05) is 42.5 Å². The summed E-state index contributed by atoms with van der Waals surface area (Å²) in [5.74, 6) is 1.37. The molecule has 3 rings (SSSR count). The van der Waals surface area contributed by atoms with Gasteiger partial charge in [0.05, 0.1) is 6.42 Å². The largest absolute Gasteiger partial charge is 0.277 e. The molecule has 1 N–H and O–H groups in total. The molecule has 0 radical (unpaired) electrons. The molecule has 0 spiro atoms. The van der Waals surface area contributed by atoms with Crippen LogP contribution >= 0.6 is 12.4 Å². The van der Waals surface area contributed by atoms with Crippen molar-refractivity contribution >= 4 is 35.7 Å². The van der Waals surface area contributed by atoms with Crippen LogP contribution in [-0.2, 0) is 11.2 Å².